The van der Waals surface area contributed by atoms with Gasteiger partial charge in [-0.15, -0.1) is 0 Å². The molecular formula is C25H21N3O8S. The number of methoxy groups -OCH3 is 1. The summed E-state index contributed by atoms with van der Waals surface area (Å²) < 4.78 is 33.8. The molecule has 11 nitrogen and oxygen atoms in total. The van der Waals surface area contributed by atoms with E-state index in [0.717, 1.165) is 10.4 Å². The molecule has 0 unspecified atom stereocenters. The van der Waals surface area contributed by atoms with Crippen molar-refractivity contribution in [3.63, 3.8) is 0 Å². The van der Waals surface area contributed by atoms with E-state index < -0.39 is 33.4 Å². The van der Waals surface area contributed by atoms with Crippen molar-refractivity contribution in [2.24, 2.45) is 0 Å². The van der Waals surface area contributed by atoms with Crippen LogP contribution in [0.15, 0.2) is 71.6 Å². The number of hydrogen-bond acceptors (Lipinski definition) is 7. The quantitative estimate of drug-likeness (QED) is 0.356. The van der Waals surface area contributed by atoms with Crippen LogP contribution in [0.2, 0.25) is 0 Å². The summed E-state index contributed by atoms with van der Waals surface area (Å²) in [6.07, 6.45) is 0. The number of ether oxygens (including phenoxy) is 1. The van der Waals surface area contributed by atoms with E-state index in [1.54, 1.807) is 30.3 Å². The van der Waals surface area contributed by atoms with Crippen LogP contribution in [-0.4, -0.2) is 47.9 Å². The summed E-state index contributed by atoms with van der Waals surface area (Å²) in [4.78, 5) is 34.1. The highest BCUT2D eigenvalue weighted by Gasteiger charge is 2.28. The Morgan fingerprint density at radius 1 is 0.973 bits per heavy atom. The molecule has 37 heavy (non-hydrogen) atoms. The predicted octanol–water partition coefficient (Wildman–Crippen LogP) is 2.68. The fraction of sp³-hybridized carbons (Fsp3) is 0.120. The molecular weight excluding hydrogens is 502 g/mol. The van der Waals surface area contributed by atoms with Gasteiger partial charge in [-0.3, -0.25) is 4.79 Å². The number of carboxylic acid groups (broad SMARTS) is 2. The molecule has 3 aromatic rings. The van der Waals surface area contributed by atoms with E-state index >= 15 is 0 Å². The Labute approximate surface area is 212 Å². The zero-order chi connectivity index (χ0) is 27.2. The first-order chi connectivity index (χ1) is 17.6. The minimum absolute atomic E-state index is 0.102. The Morgan fingerprint density at radius 2 is 1.59 bits per heavy atom. The van der Waals surface area contributed by atoms with Crippen LogP contribution in [0.3, 0.4) is 0 Å². The van der Waals surface area contributed by atoms with E-state index in [2.05, 4.69) is 0 Å². The maximum atomic E-state index is 13.7. The van der Waals surface area contributed by atoms with E-state index in [1.165, 1.54) is 37.4 Å². The van der Waals surface area contributed by atoms with E-state index in [-0.39, 0.29) is 35.0 Å². The number of anilines is 1. The second kappa shape index (κ2) is 11.3. The lowest BCUT2D eigenvalue weighted by molar-refractivity contribution is -0.147. The number of hydrogen-bond donors (Lipinski definition) is 3. The lowest BCUT2D eigenvalue weighted by Crippen LogP contribution is -2.31. The van der Waals surface area contributed by atoms with E-state index in [1.807, 2.05) is 11.4 Å². The van der Waals surface area contributed by atoms with Crippen molar-refractivity contribution in [2.45, 2.75) is 18.0 Å². The highest BCUT2D eigenvalue weighted by Crippen LogP contribution is 2.29. The average Bonchev–Trinajstić information content (AvgIpc) is 2.89. The number of rotatable bonds is 9. The van der Waals surface area contributed by atoms with Crippen LogP contribution in [0.25, 0.3) is 0 Å². The van der Waals surface area contributed by atoms with Crippen LogP contribution in [0.4, 0.5) is 5.69 Å². The minimum atomic E-state index is -4.18. The van der Waals surface area contributed by atoms with Gasteiger partial charge >= 0.3 is 17.8 Å². The third kappa shape index (κ3) is 6.29. The molecule has 0 saturated heterocycles. The van der Waals surface area contributed by atoms with Crippen molar-refractivity contribution < 1.29 is 37.8 Å². The molecule has 0 spiro atoms. The predicted molar refractivity (Wildman–Crippen MR) is 130 cm³/mol. The summed E-state index contributed by atoms with van der Waals surface area (Å²) in [5, 5.41) is 29.4. The fourth-order valence-corrected chi connectivity index (χ4v) is 5.01. The average molecular weight is 524 g/mol. The van der Waals surface area contributed by atoms with Gasteiger partial charge in [-0.1, -0.05) is 30.3 Å². The lowest BCUT2D eigenvalue weighted by atomic mass is 10.1. The number of sulfonamides is 1. The van der Waals surface area contributed by atoms with Crippen LogP contribution in [-0.2, 0) is 32.7 Å². The van der Waals surface area contributed by atoms with E-state index in [9.17, 15) is 27.9 Å². The van der Waals surface area contributed by atoms with Crippen molar-refractivity contribution in [2.75, 3.05) is 12.4 Å². The maximum Gasteiger partial charge on any atom is 0.394 e. The molecule has 0 heterocycles. The van der Waals surface area contributed by atoms with Crippen LogP contribution >= 0.6 is 0 Å². The van der Waals surface area contributed by atoms with Crippen molar-refractivity contribution >= 4 is 33.6 Å². The molecule has 0 aliphatic carbocycles. The van der Waals surface area contributed by atoms with Crippen molar-refractivity contribution in [1.82, 2.24) is 4.31 Å². The van der Waals surface area contributed by atoms with Gasteiger partial charge in [-0.2, -0.15) is 9.57 Å². The topological polar surface area (TPSA) is 174 Å². The molecule has 0 radical (unpaired) electrons. The second-order valence-corrected chi connectivity index (χ2v) is 9.58. The molecule has 3 aromatic carbocycles. The van der Waals surface area contributed by atoms with Gasteiger partial charge in [0.1, 0.15) is 10.6 Å². The number of benzene rings is 3. The molecule has 0 atom stereocenters. The molecule has 0 aliphatic heterocycles. The number of carbonyl (C=O) groups is 3. The van der Waals surface area contributed by atoms with Gasteiger partial charge in [0, 0.05) is 13.1 Å². The normalized spacial score (nSPS) is 10.9. The van der Waals surface area contributed by atoms with Crippen LogP contribution in [0.5, 0.6) is 5.75 Å². The largest absolute Gasteiger partial charge is 0.495 e. The Balaban J connectivity index is 2.05. The first-order valence-corrected chi connectivity index (χ1v) is 12.0. The van der Waals surface area contributed by atoms with Gasteiger partial charge < -0.3 is 20.3 Å². The Hall–Kier alpha value is -4.73. The second-order valence-electron chi connectivity index (χ2n) is 7.68. The van der Waals surface area contributed by atoms with Crippen molar-refractivity contribution in [3.05, 3.63) is 89.0 Å². The van der Waals surface area contributed by atoms with Crippen LogP contribution in [0.1, 0.15) is 27.0 Å². The number of para-hydroxylation sites is 1. The van der Waals surface area contributed by atoms with Crippen molar-refractivity contribution in [1.29, 1.82) is 5.26 Å². The van der Waals surface area contributed by atoms with Crippen molar-refractivity contribution in [3.8, 4) is 11.8 Å². The van der Waals surface area contributed by atoms with Gasteiger partial charge in [0.05, 0.1) is 30.0 Å². The van der Waals surface area contributed by atoms with E-state index in [4.69, 9.17) is 15.1 Å². The molecule has 0 aliphatic rings. The Morgan fingerprint density at radius 3 is 2.19 bits per heavy atom. The molecule has 190 valence electrons. The Kier molecular flexibility index (Phi) is 8.23. The molecule has 3 N–H and O–H groups in total. The zero-order valence-corrected chi connectivity index (χ0v) is 20.2. The number of nitriles is 1. The number of carboxylic acids is 2. The monoisotopic (exact) mass is 523 g/mol. The first kappa shape index (κ1) is 26.9. The summed E-state index contributed by atoms with van der Waals surface area (Å²) in [6.45, 7) is -0.389. The molecule has 3 rings (SSSR count). The highest BCUT2D eigenvalue weighted by molar-refractivity contribution is 7.89. The van der Waals surface area contributed by atoms with Crippen LogP contribution < -0.4 is 10.1 Å². The fourth-order valence-electron chi connectivity index (χ4n) is 3.44. The molecule has 0 bridgehead atoms. The lowest BCUT2D eigenvalue weighted by Gasteiger charge is -2.24. The SMILES string of the molecule is COc1ccccc1S(=O)(=O)N(Cc1ccc(C#N)cc1)Cc1ccc(NC(=O)C(=O)O)c(C(=O)O)c1. The van der Waals surface area contributed by atoms with Gasteiger partial charge in [0.2, 0.25) is 10.0 Å². The number of carbonyl (C=O) groups excluding carboxylic acids is 1. The summed E-state index contributed by atoms with van der Waals surface area (Å²) in [5.41, 5.74) is 0.557. The summed E-state index contributed by atoms with van der Waals surface area (Å²) in [5.74, 6) is -4.55. The van der Waals surface area contributed by atoms with Gasteiger partial charge in [-0.05, 0) is 47.5 Å². The molecule has 12 heteroatoms. The van der Waals surface area contributed by atoms with Crippen LogP contribution in [0, 0.1) is 11.3 Å². The van der Waals surface area contributed by atoms with Gasteiger partial charge in [-0.25, -0.2) is 18.0 Å². The molecule has 0 fully saturated rings. The number of aromatic carboxylic acids is 1. The summed E-state index contributed by atoms with van der Waals surface area (Å²) in [6, 6.07) is 18.1. The number of nitrogens with zero attached hydrogens (tertiary/aromatic N) is 2. The summed E-state index contributed by atoms with van der Waals surface area (Å²) >= 11 is 0. The van der Waals surface area contributed by atoms with Gasteiger partial charge in [0.25, 0.3) is 0 Å². The minimum Gasteiger partial charge on any atom is -0.495 e. The summed E-state index contributed by atoms with van der Waals surface area (Å²) in [7, 11) is -2.85. The number of amides is 1. The standard InChI is InChI=1S/C25H21N3O8S/c1-36-21-4-2-3-5-22(21)37(34,35)28(14-17-8-6-16(13-26)7-9-17)15-18-10-11-20(19(12-18)24(30)31)27-23(29)25(32)33/h2-12H,14-15H2,1H3,(H,27,29)(H,30,31)(H,32,33). The molecule has 1 amide bonds. The number of nitrogens with one attached hydrogen (secondary N) is 1. The molecule has 0 aromatic heterocycles. The smallest absolute Gasteiger partial charge is 0.394 e. The maximum absolute atomic E-state index is 13.7. The molecule has 0 saturated carbocycles. The number of aliphatic carboxylic acids is 1. The highest BCUT2D eigenvalue weighted by atomic mass is 32.2. The zero-order valence-electron chi connectivity index (χ0n) is 19.4. The van der Waals surface area contributed by atoms with Gasteiger partial charge in [0.15, 0.2) is 0 Å². The third-order valence-corrected chi connectivity index (χ3v) is 7.08. The third-order valence-electron chi connectivity index (χ3n) is 5.24. The first-order valence-electron chi connectivity index (χ1n) is 10.6. The van der Waals surface area contributed by atoms with E-state index in [0.29, 0.717) is 11.1 Å². The Bertz CT molecular complexity index is 1500.